The number of hydrogen-bond acceptors (Lipinski definition) is 5. The van der Waals surface area contributed by atoms with Crippen molar-refractivity contribution in [2.75, 3.05) is 20.3 Å². The zero-order chi connectivity index (χ0) is 16.1. The van der Waals surface area contributed by atoms with E-state index in [-0.39, 0.29) is 25.1 Å². The first-order valence-electron chi connectivity index (χ1n) is 7.41. The third kappa shape index (κ3) is 3.94. The fraction of sp³-hybridized carbons (Fsp3) is 0.278. The van der Waals surface area contributed by atoms with Crippen LogP contribution in [0.4, 0.5) is 0 Å². The predicted molar refractivity (Wildman–Crippen MR) is 84.0 cm³/mol. The number of carbonyl (C=O) groups is 1. The van der Waals surface area contributed by atoms with Crippen LogP contribution in [0.25, 0.3) is 0 Å². The third-order valence-electron chi connectivity index (χ3n) is 3.51. The molecule has 0 aliphatic carbocycles. The molecule has 1 atom stereocenters. The second-order valence-corrected chi connectivity index (χ2v) is 5.21. The van der Waals surface area contributed by atoms with Gasteiger partial charge < -0.3 is 18.9 Å². The molecule has 2 aromatic carbocycles. The second kappa shape index (κ2) is 7.05. The molecule has 0 bridgehead atoms. The van der Waals surface area contributed by atoms with Gasteiger partial charge in [-0.05, 0) is 29.8 Å². The molecule has 0 saturated heterocycles. The summed E-state index contributed by atoms with van der Waals surface area (Å²) in [7, 11) is 1.60. The Kier molecular flexibility index (Phi) is 4.66. The molecule has 0 saturated carbocycles. The molecule has 120 valence electrons. The van der Waals surface area contributed by atoms with Gasteiger partial charge in [-0.1, -0.05) is 24.3 Å². The Hall–Kier alpha value is -2.69. The van der Waals surface area contributed by atoms with Gasteiger partial charge >= 0.3 is 5.97 Å². The van der Waals surface area contributed by atoms with Crippen molar-refractivity contribution >= 4 is 5.97 Å². The highest BCUT2D eigenvalue weighted by atomic mass is 16.6. The van der Waals surface area contributed by atoms with Crippen molar-refractivity contribution in [3.63, 3.8) is 0 Å². The summed E-state index contributed by atoms with van der Waals surface area (Å²) in [5.41, 5.74) is 0.877. The molecule has 2 aromatic rings. The average molecular weight is 314 g/mol. The van der Waals surface area contributed by atoms with Crippen molar-refractivity contribution < 1.29 is 23.7 Å². The minimum atomic E-state index is -0.294. The Labute approximate surface area is 134 Å². The van der Waals surface area contributed by atoms with Crippen LogP contribution in [0.5, 0.6) is 17.2 Å². The van der Waals surface area contributed by atoms with E-state index in [9.17, 15) is 4.79 Å². The second-order valence-electron chi connectivity index (χ2n) is 5.21. The molecule has 1 aliphatic rings. The van der Waals surface area contributed by atoms with Crippen LogP contribution in [-0.2, 0) is 16.0 Å². The molecule has 1 heterocycles. The molecule has 0 aromatic heterocycles. The number of methoxy groups -OCH3 is 1. The maximum Gasteiger partial charge on any atom is 0.310 e. The highest BCUT2D eigenvalue weighted by Crippen LogP contribution is 2.30. The number of esters is 1. The van der Waals surface area contributed by atoms with Gasteiger partial charge in [0.1, 0.15) is 19.0 Å². The van der Waals surface area contributed by atoms with Crippen molar-refractivity contribution in [3.05, 3.63) is 54.1 Å². The van der Waals surface area contributed by atoms with Gasteiger partial charge in [-0.2, -0.15) is 0 Å². The summed E-state index contributed by atoms with van der Waals surface area (Å²) in [6, 6.07) is 14.8. The predicted octanol–water partition coefficient (Wildman–Crippen LogP) is 2.62. The van der Waals surface area contributed by atoms with Crippen LogP contribution >= 0.6 is 0 Å². The summed E-state index contributed by atoms with van der Waals surface area (Å²) in [5.74, 6) is 1.86. The van der Waals surface area contributed by atoms with E-state index in [4.69, 9.17) is 18.9 Å². The molecule has 0 radical (unpaired) electrons. The Balaban J connectivity index is 1.47. The Morgan fingerprint density at radius 3 is 2.61 bits per heavy atom. The highest BCUT2D eigenvalue weighted by molar-refractivity contribution is 5.72. The Bertz CT molecular complexity index is 665. The van der Waals surface area contributed by atoms with Crippen LogP contribution < -0.4 is 14.2 Å². The first-order chi connectivity index (χ1) is 11.2. The Morgan fingerprint density at radius 1 is 1.13 bits per heavy atom. The molecule has 23 heavy (non-hydrogen) atoms. The fourth-order valence-corrected chi connectivity index (χ4v) is 2.29. The molecule has 3 rings (SSSR count). The molecule has 1 unspecified atom stereocenters. The maximum atomic E-state index is 11.9. The minimum absolute atomic E-state index is 0.170. The lowest BCUT2D eigenvalue weighted by atomic mass is 10.1. The summed E-state index contributed by atoms with van der Waals surface area (Å²) in [6.07, 6.45) is -0.0709. The Morgan fingerprint density at radius 2 is 1.87 bits per heavy atom. The van der Waals surface area contributed by atoms with E-state index in [1.165, 1.54) is 0 Å². The van der Waals surface area contributed by atoms with E-state index in [0.717, 1.165) is 11.3 Å². The first kappa shape index (κ1) is 15.2. The molecule has 0 spiro atoms. The van der Waals surface area contributed by atoms with Crippen molar-refractivity contribution in [3.8, 4) is 17.2 Å². The van der Waals surface area contributed by atoms with Crippen LogP contribution in [0, 0.1) is 0 Å². The summed E-state index contributed by atoms with van der Waals surface area (Å²) < 4.78 is 21.7. The number of benzene rings is 2. The fourth-order valence-electron chi connectivity index (χ4n) is 2.29. The number of ether oxygens (including phenoxy) is 4. The van der Waals surface area contributed by atoms with Crippen molar-refractivity contribution in [2.24, 2.45) is 0 Å². The molecule has 5 nitrogen and oxygen atoms in total. The topological polar surface area (TPSA) is 54.0 Å². The van der Waals surface area contributed by atoms with E-state index in [1.54, 1.807) is 7.11 Å². The zero-order valence-electron chi connectivity index (χ0n) is 12.9. The summed E-state index contributed by atoms with van der Waals surface area (Å²) >= 11 is 0. The molecule has 5 heteroatoms. The van der Waals surface area contributed by atoms with E-state index < -0.39 is 0 Å². The van der Waals surface area contributed by atoms with Gasteiger partial charge in [0.15, 0.2) is 17.6 Å². The number of carbonyl (C=O) groups excluding carboxylic acids is 1. The summed E-state index contributed by atoms with van der Waals surface area (Å²) in [5, 5.41) is 0. The smallest absolute Gasteiger partial charge is 0.310 e. The van der Waals surface area contributed by atoms with Crippen LogP contribution in [0.15, 0.2) is 48.5 Å². The molecule has 0 N–H and O–H groups in total. The quantitative estimate of drug-likeness (QED) is 0.794. The summed E-state index contributed by atoms with van der Waals surface area (Å²) in [4.78, 5) is 11.9. The van der Waals surface area contributed by atoms with Crippen LogP contribution in [-0.4, -0.2) is 32.4 Å². The monoisotopic (exact) mass is 314 g/mol. The maximum absolute atomic E-state index is 11.9. The van der Waals surface area contributed by atoms with E-state index >= 15 is 0 Å². The third-order valence-corrected chi connectivity index (χ3v) is 3.51. The lowest BCUT2D eigenvalue weighted by Gasteiger charge is -2.26. The van der Waals surface area contributed by atoms with Gasteiger partial charge in [0.2, 0.25) is 0 Å². The summed E-state index contributed by atoms with van der Waals surface area (Å²) in [6.45, 7) is 0.538. The number of para-hydroxylation sites is 2. The highest BCUT2D eigenvalue weighted by Gasteiger charge is 2.22. The molecular weight excluding hydrogens is 296 g/mol. The normalized spacial score (nSPS) is 15.8. The average Bonchev–Trinajstić information content (AvgIpc) is 2.60. The van der Waals surface area contributed by atoms with E-state index in [2.05, 4.69) is 0 Å². The molecular formula is C18H18O5. The van der Waals surface area contributed by atoms with Gasteiger partial charge in [0.25, 0.3) is 0 Å². The SMILES string of the molecule is COc1ccc(CC(=O)OCC2COc3ccccc3O2)cc1. The molecule has 0 fully saturated rings. The van der Waals surface area contributed by atoms with Gasteiger partial charge in [-0.15, -0.1) is 0 Å². The largest absolute Gasteiger partial charge is 0.497 e. The van der Waals surface area contributed by atoms with Crippen molar-refractivity contribution in [1.29, 1.82) is 0 Å². The zero-order valence-corrected chi connectivity index (χ0v) is 12.9. The van der Waals surface area contributed by atoms with Crippen LogP contribution in [0.1, 0.15) is 5.56 Å². The molecule has 1 aliphatic heterocycles. The van der Waals surface area contributed by atoms with Crippen LogP contribution in [0.3, 0.4) is 0 Å². The van der Waals surface area contributed by atoms with Gasteiger partial charge in [-0.25, -0.2) is 0 Å². The van der Waals surface area contributed by atoms with Crippen LogP contribution in [0.2, 0.25) is 0 Å². The number of rotatable bonds is 5. The standard InChI is InChI=1S/C18H18O5/c1-20-14-8-6-13(7-9-14)10-18(19)22-12-15-11-21-16-4-2-3-5-17(16)23-15/h2-9,15H,10-12H2,1H3. The van der Waals surface area contributed by atoms with Gasteiger partial charge in [0.05, 0.1) is 13.5 Å². The first-order valence-corrected chi connectivity index (χ1v) is 7.41. The van der Waals surface area contributed by atoms with Crippen molar-refractivity contribution in [1.82, 2.24) is 0 Å². The lowest BCUT2D eigenvalue weighted by Crippen LogP contribution is -2.34. The number of hydrogen-bond donors (Lipinski definition) is 0. The van der Waals surface area contributed by atoms with E-state index in [1.807, 2.05) is 48.5 Å². The molecule has 0 amide bonds. The lowest BCUT2D eigenvalue weighted by molar-refractivity contribution is -0.146. The van der Waals surface area contributed by atoms with Gasteiger partial charge in [0, 0.05) is 0 Å². The van der Waals surface area contributed by atoms with Crippen molar-refractivity contribution in [2.45, 2.75) is 12.5 Å². The van der Waals surface area contributed by atoms with E-state index in [0.29, 0.717) is 18.1 Å². The number of fused-ring (bicyclic) bond motifs is 1. The minimum Gasteiger partial charge on any atom is -0.497 e. The van der Waals surface area contributed by atoms with Gasteiger partial charge in [-0.3, -0.25) is 4.79 Å².